The maximum Gasteiger partial charge on any atom is 0.338 e. The van der Waals surface area contributed by atoms with Crippen LogP contribution in [0.25, 0.3) is 0 Å². The summed E-state index contributed by atoms with van der Waals surface area (Å²) in [5.41, 5.74) is 0.00578. The van der Waals surface area contributed by atoms with Crippen molar-refractivity contribution in [3.63, 3.8) is 0 Å². The number of halogens is 1. The van der Waals surface area contributed by atoms with Crippen molar-refractivity contribution >= 4 is 21.7 Å². The third-order valence-electron chi connectivity index (χ3n) is 2.99. The Bertz CT molecular complexity index is 658. The Kier molecular flexibility index (Phi) is 4.56. The molecule has 0 aliphatic carbocycles. The van der Waals surface area contributed by atoms with Crippen LogP contribution in [0.2, 0.25) is 0 Å². The molecule has 2 rings (SSSR count). The van der Waals surface area contributed by atoms with Crippen molar-refractivity contribution < 1.29 is 27.1 Å². The van der Waals surface area contributed by atoms with Crippen LogP contribution in [-0.4, -0.2) is 44.4 Å². The molecular weight excluding hydrogens is 301 g/mol. The lowest BCUT2D eigenvalue weighted by Gasteiger charge is -2.11. The van der Waals surface area contributed by atoms with Crippen LogP contribution in [0.15, 0.2) is 24.3 Å². The summed E-state index contributed by atoms with van der Waals surface area (Å²) >= 11 is 0. The van der Waals surface area contributed by atoms with Crippen LogP contribution in [0.1, 0.15) is 16.8 Å². The lowest BCUT2D eigenvalue weighted by Crippen LogP contribution is -2.38. The first-order valence-corrected chi connectivity index (χ1v) is 8.10. The second-order valence-electron chi connectivity index (χ2n) is 4.75. The van der Waals surface area contributed by atoms with E-state index in [1.165, 1.54) is 18.2 Å². The van der Waals surface area contributed by atoms with E-state index in [4.69, 9.17) is 4.74 Å². The molecule has 1 fully saturated rings. The van der Waals surface area contributed by atoms with Crippen LogP contribution in [0.5, 0.6) is 0 Å². The number of ether oxygens (including phenoxy) is 1. The summed E-state index contributed by atoms with van der Waals surface area (Å²) in [7, 11) is -3.08. The first kappa shape index (κ1) is 15.4. The van der Waals surface area contributed by atoms with E-state index in [9.17, 15) is 22.4 Å². The van der Waals surface area contributed by atoms with Gasteiger partial charge in [0, 0.05) is 6.04 Å². The van der Waals surface area contributed by atoms with Gasteiger partial charge in [0.1, 0.15) is 5.82 Å². The standard InChI is InChI=1S/C13H14FNO5S/c14-10-3-1-2-9(6-10)13(17)20-7-12(16)15-11-4-5-21(18,19)8-11/h1-3,6,11H,4-5,7-8H2,(H,15,16). The van der Waals surface area contributed by atoms with Gasteiger partial charge >= 0.3 is 5.97 Å². The number of rotatable bonds is 4. The number of amides is 1. The number of hydrogen-bond donors (Lipinski definition) is 1. The van der Waals surface area contributed by atoms with Crippen molar-refractivity contribution in [1.82, 2.24) is 5.32 Å². The number of esters is 1. The molecule has 8 heteroatoms. The Hall–Kier alpha value is -1.96. The average molecular weight is 315 g/mol. The fraction of sp³-hybridized carbons (Fsp3) is 0.385. The predicted octanol–water partition coefficient (Wildman–Crippen LogP) is 0.286. The summed E-state index contributed by atoms with van der Waals surface area (Å²) in [6.45, 7) is -0.536. The maximum atomic E-state index is 12.9. The zero-order valence-corrected chi connectivity index (χ0v) is 11.9. The number of hydrogen-bond acceptors (Lipinski definition) is 5. The summed E-state index contributed by atoms with van der Waals surface area (Å²) < 4.78 is 40.1. The van der Waals surface area contributed by atoms with Gasteiger partial charge in [-0.05, 0) is 24.6 Å². The number of nitrogens with one attached hydrogen (secondary N) is 1. The molecule has 1 N–H and O–H groups in total. The Morgan fingerprint density at radius 2 is 2.14 bits per heavy atom. The van der Waals surface area contributed by atoms with Gasteiger partial charge in [0.2, 0.25) is 0 Å². The van der Waals surface area contributed by atoms with E-state index in [1.54, 1.807) is 0 Å². The van der Waals surface area contributed by atoms with Crippen molar-refractivity contribution in [2.75, 3.05) is 18.1 Å². The second kappa shape index (κ2) is 6.21. The highest BCUT2D eigenvalue weighted by Crippen LogP contribution is 2.11. The molecule has 0 aromatic heterocycles. The summed E-state index contributed by atoms with van der Waals surface area (Å²) in [6, 6.07) is 4.46. The molecule has 0 spiro atoms. The van der Waals surface area contributed by atoms with Gasteiger partial charge in [-0.1, -0.05) is 6.07 Å². The van der Waals surface area contributed by atoms with E-state index in [0.717, 1.165) is 6.07 Å². The molecule has 1 atom stereocenters. The molecule has 0 radical (unpaired) electrons. The first-order valence-electron chi connectivity index (χ1n) is 6.28. The molecule has 0 bridgehead atoms. The molecule has 1 aliphatic rings. The number of sulfone groups is 1. The van der Waals surface area contributed by atoms with Gasteiger partial charge in [0.05, 0.1) is 17.1 Å². The van der Waals surface area contributed by atoms with Gasteiger partial charge in [0.25, 0.3) is 5.91 Å². The van der Waals surface area contributed by atoms with E-state index in [-0.39, 0.29) is 17.1 Å². The molecule has 1 unspecified atom stereocenters. The topological polar surface area (TPSA) is 89.5 Å². The highest BCUT2D eigenvalue weighted by molar-refractivity contribution is 7.91. The maximum absolute atomic E-state index is 12.9. The van der Waals surface area contributed by atoms with E-state index < -0.39 is 40.2 Å². The largest absolute Gasteiger partial charge is 0.452 e. The van der Waals surface area contributed by atoms with Crippen molar-refractivity contribution in [2.45, 2.75) is 12.5 Å². The van der Waals surface area contributed by atoms with E-state index >= 15 is 0 Å². The van der Waals surface area contributed by atoms with Gasteiger partial charge in [-0.25, -0.2) is 17.6 Å². The van der Waals surface area contributed by atoms with E-state index in [0.29, 0.717) is 6.42 Å². The SMILES string of the molecule is O=C(COC(=O)c1cccc(F)c1)NC1CCS(=O)(=O)C1. The fourth-order valence-electron chi connectivity index (χ4n) is 2.01. The molecule has 1 saturated heterocycles. The fourth-order valence-corrected chi connectivity index (χ4v) is 3.68. The van der Waals surface area contributed by atoms with Crippen LogP contribution in [0.3, 0.4) is 0 Å². The number of benzene rings is 1. The Morgan fingerprint density at radius 3 is 2.76 bits per heavy atom. The van der Waals surface area contributed by atoms with Crippen molar-refractivity contribution in [3.05, 3.63) is 35.6 Å². The summed E-state index contributed by atoms with van der Waals surface area (Å²) in [5.74, 6) is -2.03. The minimum atomic E-state index is -3.08. The number of carbonyl (C=O) groups is 2. The Balaban J connectivity index is 1.80. The molecule has 1 aliphatic heterocycles. The molecule has 0 saturated carbocycles. The van der Waals surface area contributed by atoms with Gasteiger partial charge in [-0.3, -0.25) is 4.79 Å². The molecule has 114 valence electrons. The average Bonchev–Trinajstić information content (AvgIpc) is 2.75. The summed E-state index contributed by atoms with van der Waals surface area (Å²) in [6.07, 6.45) is 0.353. The third kappa shape index (κ3) is 4.52. The van der Waals surface area contributed by atoms with Crippen molar-refractivity contribution in [2.24, 2.45) is 0 Å². The minimum Gasteiger partial charge on any atom is -0.452 e. The molecule has 21 heavy (non-hydrogen) atoms. The van der Waals surface area contributed by atoms with Crippen LogP contribution in [-0.2, 0) is 19.4 Å². The van der Waals surface area contributed by atoms with Crippen molar-refractivity contribution in [1.29, 1.82) is 0 Å². The van der Waals surface area contributed by atoms with Gasteiger partial charge in [-0.15, -0.1) is 0 Å². The Morgan fingerprint density at radius 1 is 1.38 bits per heavy atom. The minimum absolute atomic E-state index is 0.00578. The molecule has 1 aromatic rings. The smallest absolute Gasteiger partial charge is 0.338 e. The molecule has 1 heterocycles. The second-order valence-corrected chi connectivity index (χ2v) is 6.98. The van der Waals surface area contributed by atoms with Crippen LogP contribution >= 0.6 is 0 Å². The first-order chi connectivity index (χ1) is 9.85. The monoisotopic (exact) mass is 315 g/mol. The van der Waals surface area contributed by atoms with Gasteiger partial charge in [0.15, 0.2) is 16.4 Å². The lowest BCUT2D eigenvalue weighted by molar-refractivity contribution is -0.124. The zero-order valence-electron chi connectivity index (χ0n) is 11.0. The van der Waals surface area contributed by atoms with Crippen LogP contribution in [0, 0.1) is 5.82 Å². The molecule has 1 aromatic carbocycles. The predicted molar refractivity (Wildman–Crippen MR) is 71.9 cm³/mol. The van der Waals surface area contributed by atoms with Crippen LogP contribution in [0.4, 0.5) is 4.39 Å². The number of carbonyl (C=O) groups excluding carboxylic acids is 2. The van der Waals surface area contributed by atoms with Gasteiger partial charge < -0.3 is 10.1 Å². The third-order valence-corrected chi connectivity index (χ3v) is 4.76. The molecule has 6 nitrogen and oxygen atoms in total. The normalized spacial score (nSPS) is 20.0. The highest BCUT2D eigenvalue weighted by Gasteiger charge is 2.29. The van der Waals surface area contributed by atoms with Gasteiger partial charge in [-0.2, -0.15) is 0 Å². The summed E-state index contributed by atoms with van der Waals surface area (Å²) in [4.78, 5) is 23.1. The van der Waals surface area contributed by atoms with E-state index in [1.807, 2.05) is 0 Å². The quantitative estimate of drug-likeness (QED) is 0.807. The van der Waals surface area contributed by atoms with Crippen LogP contribution < -0.4 is 5.32 Å². The Labute approximate surface area is 121 Å². The van der Waals surface area contributed by atoms with Crippen molar-refractivity contribution in [3.8, 4) is 0 Å². The zero-order chi connectivity index (χ0) is 15.5. The van der Waals surface area contributed by atoms with E-state index in [2.05, 4.69) is 5.32 Å². The lowest BCUT2D eigenvalue weighted by atomic mass is 10.2. The summed E-state index contributed by atoms with van der Waals surface area (Å²) in [5, 5.41) is 2.48. The highest BCUT2D eigenvalue weighted by atomic mass is 32.2. The molecular formula is C13H14FNO5S. The molecule has 1 amide bonds.